The molecule has 1 saturated heterocycles. The van der Waals surface area contributed by atoms with Crippen molar-refractivity contribution in [1.82, 2.24) is 5.32 Å². The fraction of sp³-hybridized carbons (Fsp3) is 0.647. The molecule has 2 nitrogen and oxygen atoms in total. The SMILES string of the molecule is CC1CCN(c2c(Cl)cccc2CNC2CC2)C(C)C1. The van der Waals surface area contributed by atoms with Crippen molar-refractivity contribution in [3.63, 3.8) is 0 Å². The van der Waals surface area contributed by atoms with Gasteiger partial charge in [0, 0.05) is 25.2 Å². The van der Waals surface area contributed by atoms with Gasteiger partial charge in [-0.25, -0.2) is 0 Å². The average molecular weight is 293 g/mol. The Morgan fingerprint density at radius 1 is 1.25 bits per heavy atom. The molecule has 20 heavy (non-hydrogen) atoms. The van der Waals surface area contributed by atoms with Crippen LogP contribution in [-0.4, -0.2) is 18.6 Å². The highest BCUT2D eigenvalue weighted by molar-refractivity contribution is 6.33. The third-order valence-electron chi connectivity index (χ3n) is 4.65. The molecule has 3 rings (SSSR count). The monoisotopic (exact) mass is 292 g/mol. The number of nitrogens with one attached hydrogen (secondary N) is 1. The van der Waals surface area contributed by atoms with E-state index in [2.05, 4.69) is 36.2 Å². The smallest absolute Gasteiger partial charge is 0.0643 e. The Hall–Kier alpha value is -0.730. The van der Waals surface area contributed by atoms with E-state index in [0.717, 1.165) is 30.1 Å². The minimum atomic E-state index is 0.582. The standard InChI is InChI=1S/C17H25ClN2/c1-12-8-9-20(13(2)10-12)17-14(4-3-5-16(17)18)11-19-15-6-7-15/h3-5,12-13,15,19H,6-11H2,1-2H3. The van der Waals surface area contributed by atoms with Gasteiger partial charge in [-0.2, -0.15) is 0 Å². The summed E-state index contributed by atoms with van der Waals surface area (Å²) in [6.45, 7) is 6.76. The van der Waals surface area contributed by atoms with Gasteiger partial charge in [-0.05, 0) is 50.2 Å². The molecular weight excluding hydrogens is 268 g/mol. The summed E-state index contributed by atoms with van der Waals surface area (Å²) in [5.74, 6) is 0.830. The summed E-state index contributed by atoms with van der Waals surface area (Å²) in [6.07, 6.45) is 5.19. The number of piperidine rings is 1. The van der Waals surface area contributed by atoms with Gasteiger partial charge >= 0.3 is 0 Å². The second kappa shape index (κ2) is 5.95. The van der Waals surface area contributed by atoms with Gasteiger partial charge in [0.1, 0.15) is 0 Å². The van der Waals surface area contributed by atoms with Crippen LogP contribution in [-0.2, 0) is 6.54 Å². The van der Waals surface area contributed by atoms with E-state index in [0.29, 0.717) is 6.04 Å². The Morgan fingerprint density at radius 3 is 2.75 bits per heavy atom. The molecule has 0 aromatic heterocycles. The summed E-state index contributed by atoms with van der Waals surface area (Å²) in [5.41, 5.74) is 2.62. The lowest BCUT2D eigenvalue weighted by molar-refractivity contribution is 0.377. The Labute approximate surface area is 127 Å². The molecule has 1 aromatic carbocycles. The molecule has 0 radical (unpaired) electrons. The second-order valence-corrected chi connectivity index (χ2v) is 6.98. The minimum absolute atomic E-state index is 0.582. The normalized spacial score (nSPS) is 26.9. The molecule has 1 aliphatic heterocycles. The van der Waals surface area contributed by atoms with Crippen molar-refractivity contribution in [2.24, 2.45) is 5.92 Å². The van der Waals surface area contributed by atoms with E-state index >= 15 is 0 Å². The molecule has 0 spiro atoms. The van der Waals surface area contributed by atoms with E-state index < -0.39 is 0 Å². The first kappa shape index (κ1) is 14.2. The van der Waals surface area contributed by atoms with Crippen molar-refractivity contribution in [3.05, 3.63) is 28.8 Å². The lowest BCUT2D eigenvalue weighted by atomic mass is 9.92. The maximum atomic E-state index is 6.53. The quantitative estimate of drug-likeness (QED) is 0.894. The van der Waals surface area contributed by atoms with Gasteiger partial charge in [-0.3, -0.25) is 0 Å². The maximum Gasteiger partial charge on any atom is 0.0643 e. The molecule has 2 fully saturated rings. The van der Waals surface area contributed by atoms with Crippen LogP contribution >= 0.6 is 11.6 Å². The lowest BCUT2D eigenvalue weighted by Gasteiger charge is -2.39. The molecule has 2 atom stereocenters. The van der Waals surface area contributed by atoms with Gasteiger partial charge in [0.15, 0.2) is 0 Å². The topological polar surface area (TPSA) is 15.3 Å². The number of halogens is 1. The molecule has 0 bridgehead atoms. The summed E-state index contributed by atoms with van der Waals surface area (Å²) in [4.78, 5) is 2.52. The van der Waals surface area contributed by atoms with Crippen LogP contribution in [0.4, 0.5) is 5.69 Å². The highest BCUT2D eigenvalue weighted by atomic mass is 35.5. The first-order chi connectivity index (χ1) is 9.65. The Balaban J connectivity index is 1.82. The molecule has 1 aliphatic carbocycles. The number of anilines is 1. The second-order valence-electron chi connectivity index (χ2n) is 6.57. The average Bonchev–Trinajstić information content (AvgIpc) is 3.22. The predicted molar refractivity (Wildman–Crippen MR) is 86.5 cm³/mol. The molecule has 1 saturated carbocycles. The van der Waals surface area contributed by atoms with Gasteiger partial charge in [-0.15, -0.1) is 0 Å². The molecule has 3 heteroatoms. The zero-order chi connectivity index (χ0) is 14.1. The number of para-hydroxylation sites is 1. The Bertz CT molecular complexity index is 470. The summed E-state index contributed by atoms with van der Waals surface area (Å²) in [6, 6.07) is 7.65. The van der Waals surface area contributed by atoms with Crippen LogP contribution in [0.3, 0.4) is 0 Å². The van der Waals surface area contributed by atoms with E-state index in [1.807, 2.05) is 6.07 Å². The van der Waals surface area contributed by atoms with Crippen LogP contribution in [0, 0.1) is 5.92 Å². The molecular formula is C17H25ClN2. The van der Waals surface area contributed by atoms with Gasteiger partial charge < -0.3 is 10.2 Å². The third kappa shape index (κ3) is 3.12. The molecule has 110 valence electrons. The molecule has 1 aromatic rings. The van der Waals surface area contributed by atoms with Crippen molar-refractivity contribution in [2.45, 2.75) is 58.2 Å². The molecule has 0 amide bonds. The van der Waals surface area contributed by atoms with Crippen LogP contribution in [0.15, 0.2) is 18.2 Å². The van der Waals surface area contributed by atoms with Crippen LogP contribution in [0.2, 0.25) is 5.02 Å². The molecule has 1 heterocycles. The fourth-order valence-electron chi connectivity index (χ4n) is 3.31. The van der Waals surface area contributed by atoms with Gasteiger partial charge in [0.2, 0.25) is 0 Å². The van der Waals surface area contributed by atoms with Crippen LogP contribution in [0.25, 0.3) is 0 Å². The van der Waals surface area contributed by atoms with Gasteiger partial charge in [0.05, 0.1) is 10.7 Å². The van der Waals surface area contributed by atoms with E-state index in [4.69, 9.17) is 11.6 Å². The first-order valence-corrected chi connectivity index (χ1v) is 8.30. The number of nitrogens with zero attached hydrogens (tertiary/aromatic N) is 1. The number of hydrogen-bond donors (Lipinski definition) is 1. The van der Waals surface area contributed by atoms with Crippen LogP contribution in [0.5, 0.6) is 0 Å². The van der Waals surface area contributed by atoms with E-state index in [1.54, 1.807) is 0 Å². The molecule has 1 N–H and O–H groups in total. The summed E-state index contributed by atoms with van der Waals surface area (Å²) in [7, 11) is 0. The van der Waals surface area contributed by atoms with Crippen molar-refractivity contribution < 1.29 is 0 Å². The zero-order valence-electron chi connectivity index (χ0n) is 12.5. The summed E-state index contributed by atoms with van der Waals surface area (Å²) >= 11 is 6.53. The van der Waals surface area contributed by atoms with Crippen molar-refractivity contribution >= 4 is 17.3 Å². The third-order valence-corrected chi connectivity index (χ3v) is 4.96. The number of benzene rings is 1. The summed E-state index contributed by atoms with van der Waals surface area (Å²) in [5, 5.41) is 4.52. The minimum Gasteiger partial charge on any atom is -0.367 e. The fourth-order valence-corrected chi connectivity index (χ4v) is 3.61. The van der Waals surface area contributed by atoms with E-state index in [9.17, 15) is 0 Å². The highest BCUT2D eigenvalue weighted by Crippen LogP contribution is 2.36. The van der Waals surface area contributed by atoms with Crippen molar-refractivity contribution in [1.29, 1.82) is 0 Å². The zero-order valence-corrected chi connectivity index (χ0v) is 13.3. The van der Waals surface area contributed by atoms with Crippen molar-refractivity contribution in [3.8, 4) is 0 Å². The Morgan fingerprint density at radius 2 is 2.05 bits per heavy atom. The van der Waals surface area contributed by atoms with E-state index in [1.165, 1.54) is 36.9 Å². The highest BCUT2D eigenvalue weighted by Gasteiger charge is 2.27. The lowest BCUT2D eigenvalue weighted by Crippen LogP contribution is -2.41. The van der Waals surface area contributed by atoms with E-state index in [-0.39, 0.29) is 0 Å². The molecule has 2 aliphatic rings. The van der Waals surface area contributed by atoms with Gasteiger partial charge in [-0.1, -0.05) is 30.7 Å². The molecule has 2 unspecified atom stereocenters. The van der Waals surface area contributed by atoms with Gasteiger partial charge in [0.25, 0.3) is 0 Å². The van der Waals surface area contributed by atoms with Crippen LogP contribution < -0.4 is 10.2 Å². The first-order valence-electron chi connectivity index (χ1n) is 7.92. The summed E-state index contributed by atoms with van der Waals surface area (Å²) < 4.78 is 0. The Kier molecular flexibility index (Phi) is 4.23. The number of hydrogen-bond acceptors (Lipinski definition) is 2. The predicted octanol–water partition coefficient (Wildman–Crippen LogP) is 4.22. The number of rotatable bonds is 4. The van der Waals surface area contributed by atoms with Crippen molar-refractivity contribution in [2.75, 3.05) is 11.4 Å². The maximum absolute atomic E-state index is 6.53. The van der Waals surface area contributed by atoms with Crippen LogP contribution in [0.1, 0.15) is 45.1 Å². The largest absolute Gasteiger partial charge is 0.367 e.